The van der Waals surface area contributed by atoms with Crippen molar-refractivity contribution in [3.8, 4) is 21.7 Å². The molecular formula is C17H15N2S. The number of anilines is 1. The van der Waals surface area contributed by atoms with Gasteiger partial charge in [-0.1, -0.05) is 42.5 Å². The van der Waals surface area contributed by atoms with Gasteiger partial charge in [0.25, 0.3) is 0 Å². The Labute approximate surface area is 123 Å². The molecule has 2 aromatic carbocycles. The van der Waals surface area contributed by atoms with Crippen LogP contribution >= 0.6 is 11.3 Å². The van der Waals surface area contributed by atoms with Crippen LogP contribution in [-0.2, 0) is 0 Å². The van der Waals surface area contributed by atoms with E-state index in [2.05, 4.69) is 51.8 Å². The van der Waals surface area contributed by atoms with E-state index < -0.39 is 0 Å². The monoisotopic (exact) mass is 279 g/mol. The lowest BCUT2D eigenvalue weighted by atomic mass is 10.1. The van der Waals surface area contributed by atoms with Crippen molar-refractivity contribution in [2.24, 2.45) is 0 Å². The Hall–Kier alpha value is -2.13. The minimum absolute atomic E-state index is 1.01. The molecule has 0 saturated heterocycles. The minimum Gasteiger partial charge on any atom is -0.378 e. The van der Waals surface area contributed by atoms with Crippen molar-refractivity contribution in [2.45, 2.75) is 0 Å². The number of aromatic nitrogens is 1. The van der Waals surface area contributed by atoms with Crippen LogP contribution in [0.15, 0.2) is 54.6 Å². The van der Waals surface area contributed by atoms with Crippen LogP contribution < -0.4 is 4.90 Å². The molecule has 0 atom stereocenters. The molecule has 1 radical (unpaired) electrons. The minimum atomic E-state index is 1.01. The summed E-state index contributed by atoms with van der Waals surface area (Å²) in [6, 6.07) is 18.8. The smallest absolute Gasteiger partial charge is 0.153 e. The second kappa shape index (κ2) is 5.47. The van der Waals surface area contributed by atoms with Crippen LogP contribution in [0.25, 0.3) is 21.7 Å². The first kappa shape index (κ1) is 12.9. The Morgan fingerprint density at radius 3 is 2.25 bits per heavy atom. The maximum atomic E-state index is 4.42. The maximum Gasteiger partial charge on any atom is 0.153 e. The molecule has 0 unspecified atom stereocenters. The molecule has 3 heteroatoms. The van der Waals surface area contributed by atoms with Gasteiger partial charge in [-0.3, -0.25) is 0 Å². The Morgan fingerprint density at radius 2 is 1.60 bits per heavy atom. The molecule has 2 nitrogen and oxygen atoms in total. The highest BCUT2D eigenvalue weighted by Gasteiger charge is 2.11. The maximum absolute atomic E-state index is 4.42. The molecule has 0 saturated carbocycles. The number of nitrogens with zero attached hydrogens (tertiary/aromatic N) is 2. The van der Waals surface area contributed by atoms with Crippen LogP contribution in [0.5, 0.6) is 0 Å². The van der Waals surface area contributed by atoms with Crippen LogP contribution in [0.4, 0.5) is 5.69 Å². The van der Waals surface area contributed by atoms with Gasteiger partial charge in [-0.15, -0.1) is 11.3 Å². The molecule has 0 aliphatic carbocycles. The van der Waals surface area contributed by atoms with Gasteiger partial charge in [-0.25, -0.2) is 4.98 Å². The van der Waals surface area contributed by atoms with E-state index in [1.807, 2.05) is 32.3 Å². The molecule has 3 aromatic rings. The molecule has 3 rings (SSSR count). The highest BCUT2D eigenvalue weighted by Crippen LogP contribution is 2.34. The second-order valence-electron chi connectivity index (χ2n) is 4.79. The lowest BCUT2D eigenvalue weighted by molar-refractivity contribution is 1.13. The van der Waals surface area contributed by atoms with Crippen molar-refractivity contribution in [2.75, 3.05) is 19.0 Å². The fourth-order valence-electron chi connectivity index (χ4n) is 2.11. The molecule has 0 aliphatic rings. The van der Waals surface area contributed by atoms with Crippen molar-refractivity contribution >= 4 is 17.0 Å². The number of benzene rings is 2. The first-order valence-corrected chi connectivity index (χ1v) is 7.27. The number of hydrogen-bond acceptors (Lipinski definition) is 3. The van der Waals surface area contributed by atoms with Gasteiger partial charge < -0.3 is 4.90 Å². The quantitative estimate of drug-likeness (QED) is 0.709. The van der Waals surface area contributed by atoms with E-state index in [4.69, 9.17) is 0 Å². The highest BCUT2D eigenvalue weighted by molar-refractivity contribution is 7.13. The fourth-order valence-corrected chi connectivity index (χ4v) is 2.85. The van der Waals surface area contributed by atoms with Gasteiger partial charge in [0.2, 0.25) is 0 Å². The lowest BCUT2D eigenvalue weighted by Crippen LogP contribution is -2.07. The largest absolute Gasteiger partial charge is 0.378 e. The van der Waals surface area contributed by atoms with E-state index in [-0.39, 0.29) is 0 Å². The van der Waals surface area contributed by atoms with Gasteiger partial charge >= 0.3 is 0 Å². The topological polar surface area (TPSA) is 16.1 Å². The molecule has 0 bridgehead atoms. The summed E-state index contributed by atoms with van der Waals surface area (Å²) < 4.78 is 0. The molecule has 1 aromatic heterocycles. The van der Waals surface area contributed by atoms with Gasteiger partial charge in [0.05, 0.1) is 10.6 Å². The zero-order valence-corrected chi connectivity index (χ0v) is 12.3. The lowest BCUT2D eigenvalue weighted by Gasteiger charge is -2.12. The molecule has 1 heterocycles. The van der Waals surface area contributed by atoms with Crippen LogP contribution in [-0.4, -0.2) is 19.1 Å². The third kappa shape index (κ3) is 2.45. The van der Waals surface area contributed by atoms with E-state index in [0.29, 0.717) is 0 Å². The first-order chi connectivity index (χ1) is 9.75. The van der Waals surface area contributed by atoms with Crippen LogP contribution in [0.1, 0.15) is 0 Å². The predicted octanol–water partition coefficient (Wildman–Crippen LogP) is 4.34. The van der Waals surface area contributed by atoms with Crippen molar-refractivity contribution in [1.82, 2.24) is 4.98 Å². The SMILES string of the molecule is CN(C)c1ccc(-c2n[c]sc2-c2ccccc2)cc1. The van der Waals surface area contributed by atoms with E-state index in [1.54, 1.807) is 11.3 Å². The molecule has 99 valence electrons. The van der Waals surface area contributed by atoms with Crippen molar-refractivity contribution in [3.63, 3.8) is 0 Å². The van der Waals surface area contributed by atoms with Crippen molar-refractivity contribution in [1.29, 1.82) is 0 Å². The summed E-state index contributed by atoms with van der Waals surface area (Å²) in [4.78, 5) is 7.68. The van der Waals surface area contributed by atoms with Gasteiger partial charge in [-0.2, -0.15) is 0 Å². The normalized spacial score (nSPS) is 10.5. The summed E-state index contributed by atoms with van der Waals surface area (Å²) in [7, 11) is 4.09. The molecule has 0 amide bonds. The highest BCUT2D eigenvalue weighted by atomic mass is 32.1. The summed E-state index contributed by atoms with van der Waals surface area (Å²) in [5, 5.41) is 0. The summed E-state index contributed by atoms with van der Waals surface area (Å²) >= 11 is 1.56. The second-order valence-corrected chi connectivity index (χ2v) is 5.59. The number of thiazole rings is 1. The van der Waals surface area contributed by atoms with E-state index >= 15 is 0 Å². The average molecular weight is 279 g/mol. The van der Waals surface area contributed by atoms with Gasteiger partial charge in [0.15, 0.2) is 5.51 Å². The van der Waals surface area contributed by atoms with E-state index in [1.165, 1.54) is 16.1 Å². The predicted molar refractivity (Wildman–Crippen MR) is 86.1 cm³/mol. The summed E-state index contributed by atoms with van der Waals surface area (Å²) in [5.41, 5.74) is 7.53. The van der Waals surface area contributed by atoms with Crippen molar-refractivity contribution < 1.29 is 0 Å². The zero-order chi connectivity index (χ0) is 13.9. The van der Waals surface area contributed by atoms with Crippen LogP contribution in [0.3, 0.4) is 0 Å². The summed E-state index contributed by atoms with van der Waals surface area (Å²) in [5.74, 6) is 0. The summed E-state index contributed by atoms with van der Waals surface area (Å²) in [6.45, 7) is 0. The Bertz CT molecular complexity index is 685. The Morgan fingerprint density at radius 1 is 0.900 bits per heavy atom. The number of hydrogen-bond donors (Lipinski definition) is 0. The fraction of sp³-hybridized carbons (Fsp3) is 0.118. The Balaban J connectivity index is 2.01. The molecule has 0 fully saturated rings. The van der Waals surface area contributed by atoms with Gasteiger partial charge in [0.1, 0.15) is 0 Å². The molecule has 0 spiro atoms. The van der Waals surface area contributed by atoms with E-state index in [0.717, 1.165) is 11.3 Å². The molecule has 0 aliphatic heterocycles. The zero-order valence-electron chi connectivity index (χ0n) is 11.5. The third-order valence-electron chi connectivity index (χ3n) is 3.21. The van der Waals surface area contributed by atoms with Gasteiger partial charge in [0, 0.05) is 25.3 Å². The molecule has 0 N–H and O–H groups in total. The molecule has 20 heavy (non-hydrogen) atoms. The summed E-state index contributed by atoms with van der Waals surface area (Å²) in [6.07, 6.45) is 0. The van der Waals surface area contributed by atoms with Crippen LogP contribution in [0, 0.1) is 5.51 Å². The third-order valence-corrected chi connectivity index (χ3v) is 4.03. The standard InChI is InChI=1S/C17H15N2S/c1-19(2)15-10-8-13(9-11-15)16-17(20-12-18-16)14-6-4-3-5-7-14/h3-11H,1-2H3. The van der Waals surface area contributed by atoms with Crippen molar-refractivity contribution in [3.05, 3.63) is 60.1 Å². The number of rotatable bonds is 3. The Kier molecular flexibility index (Phi) is 3.52. The molecular weight excluding hydrogens is 264 g/mol. The first-order valence-electron chi connectivity index (χ1n) is 6.46. The van der Waals surface area contributed by atoms with E-state index in [9.17, 15) is 0 Å². The average Bonchev–Trinajstić information content (AvgIpc) is 2.97. The van der Waals surface area contributed by atoms with Gasteiger partial charge in [-0.05, 0) is 17.7 Å². The van der Waals surface area contributed by atoms with Crippen LogP contribution in [0.2, 0.25) is 0 Å².